The molecule has 2 heterocycles. The number of halogens is 1. The van der Waals surface area contributed by atoms with Crippen LogP contribution in [-0.4, -0.2) is 36.3 Å². The lowest BCUT2D eigenvalue weighted by atomic mass is 10.1. The standard InChI is InChI=1S/C18H16ClN3O/c19-14-6-7-15-16(12-14)20-17(13-4-2-1-3-5-13)21-18(15)22-8-10-23-11-9-22/h1-7,12H,8-11H2. The topological polar surface area (TPSA) is 38.2 Å². The van der Waals surface area contributed by atoms with Gasteiger partial charge >= 0.3 is 0 Å². The lowest BCUT2D eigenvalue weighted by molar-refractivity contribution is 0.122. The normalized spacial score (nSPS) is 15.1. The van der Waals surface area contributed by atoms with Gasteiger partial charge in [0.15, 0.2) is 5.82 Å². The number of morpholine rings is 1. The molecule has 2 aromatic carbocycles. The summed E-state index contributed by atoms with van der Waals surface area (Å²) in [5.74, 6) is 1.68. The van der Waals surface area contributed by atoms with Gasteiger partial charge in [-0.15, -0.1) is 0 Å². The summed E-state index contributed by atoms with van der Waals surface area (Å²) >= 11 is 6.16. The molecule has 0 aliphatic carbocycles. The fourth-order valence-electron chi connectivity index (χ4n) is 2.82. The fourth-order valence-corrected chi connectivity index (χ4v) is 2.98. The second kappa shape index (κ2) is 6.14. The van der Waals surface area contributed by atoms with Gasteiger partial charge in [-0.1, -0.05) is 41.9 Å². The quantitative estimate of drug-likeness (QED) is 0.718. The number of hydrogen-bond donors (Lipinski definition) is 0. The van der Waals surface area contributed by atoms with Crippen molar-refractivity contribution < 1.29 is 4.74 Å². The SMILES string of the molecule is Clc1ccc2c(N3CCOCC3)nc(-c3ccccc3)nc2c1. The highest BCUT2D eigenvalue weighted by molar-refractivity contribution is 6.31. The molecule has 4 rings (SSSR count). The molecule has 4 nitrogen and oxygen atoms in total. The third-order valence-electron chi connectivity index (χ3n) is 3.98. The minimum atomic E-state index is 0.683. The Morgan fingerprint density at radius 3 is 2.52 bits per heavy atom. The first kappa shape index (κ1) is 14.4. The van der Waals surface area contributed by atoms with Gasteiger partial charge in [0.05, 0.1) is 18.7 Å². The molecule has 1 aliphatic rings. The van der Waals surface area contributed by atoms with Crippen LogP contribution in [-0.2, 0) is 4.74 Å². The van der Waals surface area contributed by atoms with Gasteiger partial charge in [-0.05, 0) is 18.2 Å². The maximum atomic E-state index is 6.16. The van der Waals surface area contributed by atoms with Crippen molar-refractivity contribution in [2.45, 2.75) is 0 Å². The van der Waals surface area contributed by atoms with Crippen LogP contribution in [0.15, 0.2) is 48.5 Å². The summed E-state index contributed by atoms with van der Waals surface area (Å²) in [6.07, 6.45) is 0. The van der Waals surface area contributed by atoms with Crippen molar-refractivity contribution in [3.8, 4) is 11.4 Å². The van der Waals surface area contributed by atoms with E-state index in [-0.39, 0.29) is 0 Å². The van der Waals surface area contributed by atoms with E-state index in [1.54, 1.807) is 0 Å². The van der Waals surface area contributed by atoms with E-state index in [0.717, 1.165) is 54.4 Å². The summed E-state index contributed by atoms with van der Waals surface area (Å²) < 4.78 is 5.46. The van der Waals surface area contributed by atoms with Crippen LogP contribution in [0.5, 0.6) is 0 Å². The second-order valence-electron chi connectivity index (χ2n) is 5.50. The zero-order valence-corrected chi connectivity index (χ0v) is 13.3. The van der Waals surface area contributed by atoms with Gasteiger partial charge < -0.3 is 9.64 Å². The van der Waals surface area contributed by atoms with E-state index in [9.17, 15) is 0 Å². The average molecular weight is 326 g/mol. The Labute approximate surface area is 139 Å². The van der Waals surface area contributed by atoms with Gasteiger partial charge in [0, 0.05) is 29.1 Å². The smallest absolute Gasteiger partial charge is 0.162 e. The zero-order chi connectivity index (χ0) is 15.6. The number of hydrogen-bond acceptors (Lipinski definition) is 4. The second-order valence-corrected chi connectivity index (χ2v) is 5.93. The minimum Gasteiger partial charge on any atom is -0.378 e. The summed E-state index contributed by atoms with van der Waals surface area (Å²) in [6, 6.07) is 15.8. The maximum Gasteiger partial charge on any atom is 0.162 e. The van der Waals surface area contributed by atoms with Gasteiger partial charge in [-0.2, -0.15) is 0 Å². The Morgan fingerprint density at radius 1 is 0.957 bits per heavy atom. The molecule has 1 aromatic heterocycles. The monoisotopic (exact) mass is 325 g/mol. The van der Waals surface area contributed by atoms with Crippen LogP contribution in [0, 0.1) is 0 Å². The van der Waals surface area contributed by atoms with Crippen molar-refractivity contribution in [2.75, 3.05) is 31.2 Å². The number of fused-ring (bicyclic) bond motifs is 1. The van der Waals surface area contributed by atoms with Gasteiger partial charge in [0.2, 0.25) is 0 Å². The number of benzene rings is 2. The predicted octanol–water partition coefficient (Wildman–Crippen LogP) is 3.79. The molecule has 5 heteroatoms. The molecular formula is C18H16ClN3O. The zero-order valence-electron chi connectivity index (χ0n) is 12.6. The maximum absolute atomic E-state index is 6.16. The molecule has 0 radical (unpaired) electrons. The molecule has 0 unspecified atom stereocenters. The number of rotatable bonds is 2. The van der Waals surface area contributed by atoms with Crippen LogP contribution >= 0.6 is 11.6 Å². The van der Waals surface area contributed by atoms with Gasteiger partial charge in [-0.25, -0.2) is 9.97 Å². The summed E-state index contributed by atoms with van der Waals surface area (Å²) in [4.78, 5) is 11.8. The highest BCUT2D eigenvalue weighted by atomic mass is 35.5. The van der Waals surface area contributed by atoms with E-state index in [0.29, 0.717) is 5.02 Å². The summed E-state index contributed by atoms with van der Waals surface area (Å²) in [5, 5.41) is 1.71. The third-order valence-corrected chi connectivity index (χ3v) is 4.22. The lowest BCUT2D eigenvalue weighted by Gasteiger charge is -2.29. The van der Waals surface area contributed by atoms with Crippen molar-refractivity contribution in [3.05, 3.63) is 53.6 Å². The predicted molar refractivity (Wildman–Crippen MR) is 93.0 cm³/mol. The Hall–Kier alpha value is -2.17. The van der Waals surface area contributed by atoms with E-state index in [4.69, 9.17) is 26.3 Å². The molecule has 0 bridgehead atoms. The molecule has 3 aromatic rings. The first-order valence-electron chi connectivity index (χ1n) is 7.67. The molecule has 0 spiro atoms. The molecule has 0 N–H and O–H groups in total. The largest absolute Gasteiger partial charge is 0.378 e. The number of aromatic nitrogens is 2. The van der Waals surface area contributed by atoms with E-state index in [2.05, 4.69) is 4.90 Å². The van der Waals surface area contributed by atoms with Crippen molar-refractivity contribution in [3.63, 3.8) is 0 Å². The Balaban J connectivity index is 1.91. The van der Waals surface area contributed by atoms with Gasteiger partial charge in [0.1, 0.15) is 5.82 Å². The van der Waals surface area contributed by atoms with Crippen molar-refractivity contribution in [1.82, 2.24) is 9.97 Å². The molecule has 1 fully saturated rings. The van der Waals surface area contributed by atoms with E-state index < -0.39 is 0 Å². The minimum absolute atomic E-state index is 0.683. The highest BCUT2D eigenvalue weighted by Gasteiger charge is 2.18. The molecule has 1 aliphatic heterocycles. The number of ether oxygens (including phenoxy) is 1. The van der Waals surface area contributed by atoms with Crippen LogP contribution in [0.25, 0.3) is 22.3 Å². The summed E-state index contributed by atoms with van der Waals surface area (Å²) in [7, 11) is 0. The summed E-state index contributed by atoms with van der Waals surface area (Å²) in [5.41, 5.74) is 1.87. The fraction of sp³-hybridized carbons (Fsp3) is 0.222. The number of nitrogens with zero attached hydrogens (tertiary/aromatic N) is 3. The third kappa shape index (κ3) is 2.87. The molecule has 1 saturated heterocycles. The average Bonchev–Trinajstić information content (AvgIpc) is 2.62. The number of anilines is 1. The molecule has 0 amide bonds. The molecular weight excluding hydrogens is 310 g/mol. The van der Waals surface area contributed by atoms with Crippen LogP contribution < -0.4 is 4.90 Å². The van der Waals surface area contributed by atoms with Crippen LogP contribution in [0.3, 0.4) is 0 Å². The van der Waals surface area contributed by atoms with Crippen LogP contribution in [0.1, 0.15) is 0 Å². The summed E-state index contributed by atoms with van der Waals surface area (Å²) in [6.45, 7) is 3.12. The lowest BCUT2D eigenvalue weighted by Crippen LogP contribution is -2.37. The Kier molecular flexibility index (Phi) is 3.85. The first-order chi connectivity index (χ1) is 11.3. The van der Waals surface area contributed by atoms with Crippen molar-refractivity contribution >= 4 is 28.3 Å². The Morgan fingerprint density at radius 2 is 1.74 bits per heavy atom. The van der Waals surface area contributed by atoms with Gasteiger partial charge in [0.25, 0.3) is 0 Å². The highest BCUT2D eigenvalue weighted by Crippen LogP contribution is 2.29. The van der Waals surface area contributed by atoms with Crippen LogP contribution in [0.4, 0.5) is 5.82 Å². The molecule has 116 valence electrons. The first-order valence-corrected chi connectivity index (χ1v) is 8.04. The van der Waals surface area contributed by atoms with E-state index in [1.165, 1.54) is 0 Å². The van der Waals surface area contributed by atoms with Gasteiger partial charge in [-0.3, -0.25) is 0 Å². The van der Waals surface area contributed by atoms with E-state index >= 15 is 0 Å². The van der Waals surface area contributed by atoms with Crippen LogP contribution in [0.2, 0.25) is 5.02 Å². The van der Waals surface area contributed by atoms with E-state index in [1.807, 2.05) is 48.5 Å². The Bertz CT molecular complexity index is 832. The molecule has 0 atom stereocenters. The molecule has 0 saturated carbocycles. The van der Waals surface area contributed by atoms with Crippen molar-refractivity contribution in [1.29, 1.82) is 0 Å². The van der Waals surface area contributed by atoms with Crippen molar-refractivity contribution in [2.24, 2.45) is 0 Å². The molecule has 23 heavy (non-hydrogen) atoms.